The maximum atomic E-state index is 13.9. The third-order valence-corrected chi connectivity index (χ3v) is 8.66. The van der Waals surface area contributed by atoms with Gasteiger partial charge in [0.15, 0.2) is 15.6 Å². The van der Waals surface area contributed by atoms with Crippen molar-refractivity contribution in [3.8, 4) is 22.8 Å². The van der Waals surface area contributed by atoms with Crippen molar-refractivity contribution in [2.24, 2.45) is 0 Å². The van der Waals surface area contributed by atoms with E-state index in [0.717, 1.165) is 24.1 Å². The van der Waals surface area contributed by atoms with Crippen molar-refractivity contribution in [1.82, 2.24) is 19.5 Å². The highest BCUT2D eigenvalue weighted by molar-refractivity contribution is 7.92. The molecule has 0 saturated heterocycles. The van der Waals surface area contributed by atoms with Gasteiger partial charge in [0.05, 0.1) is 29.6 Å². The lowest BCUT2D eigenvalue weighted by Gasteiger charge is -2.15. The second-order valence-corrected chi connectivity index (χ2v) is 12.0. The molecule has 2 heterocycles. The fourth-order valence-corrected chi connectivity index (χ4v) is 6.31. The number of rotatable bonds is 13. The van der Waals surface area contributed by atoms with Crippen LogP contribution in [0.15, 0.2) is 70.6 Å². The van der Waals surface area contributed by atoms with Gasteiger partial charge in [-0.3, -0.25) is 9.59 Å². The molecule has 0 unspecified atom stereocenters. The topological polar surface area (TPSA) is 121 Å². The number of hydrogen-bond donors (Lipinski definition) is 0. The maximum Gasteiger partial charge on any atom is 0.264 e. The number of unbranched alkanes of at least 4 members (excludes halogenated alkanes) is 1. The molecule has 0 aliphatic rings. The molecule has 0 spiro atoms. The molecule has 0 N–H and O–H groups in total. The van der Waals surface area contributed by atoms with Crippen LogP contribution in [-0.4, -0.2) is 46.1 Å². The minimum absolute atomic E-state index is 0.127. The van der Waals surface area contributed by atoms with Crippen LogP contribution >= 0.6 is 0 Å². The van der Waals surface area contributed by atoms with Crippen LogP contribution in [0.2, 0.25) is 0 Å². The van der Waals surface area contributed by atoms with E-state index >= 15 is 0 Å². The highest BCUT2D eigenvalue weighted by atomic mass is 32.2. The summed E-state index contributed by atoms with van der Waals surface area (Å²) in [6.45, 7) is 7.87. The van der Waals surface area contributed by atoms with Crippen molar-refractivity contribution in [1.29, 1.82) is 0 Å². The number of benzene rings is 2. The van der Waals surface area contributed by atoms with Crippen LogP contribution in [0.25, 0.3) is 17.1 Å². The fourth-order valence-electron chi connectivity index (χ4n) is 4.72. The third kappa shape index (κ3) is 6.99. The van der Waals surface area contributed by atoms with Crippen LogP contribution in [0.5, 0.6) is 5.75 Å². The van der Waals surface area contributed by atoms with E-state index in [1.807, 2.05) is 31.2 Å². The summed E-state index contributed by atoms with van der Waals surface area (Å²) in [5.74, 6) is 0.405. The number of sulfone groups is 1. The van der Waals surface area contributed by atoms with Gasteiger partial charge in [0.1, 0.15) is 17.4 Å². The molecule has 220 valence electrons. The lowest BCUT2D eigenvalue weighted by molar-refractivity contribution is -0.116. The van der Waals surface area contributed by atoms with Crippen LogP contribution in [0, 0.1) is 6.92 Å². The van der Waals surface area contributed by atoms with Crippen LogP contribution < -0.4 is 10.3 Å². The molecule has 9 nitrogen and oxygen atoms in total. The summed E-state index contributed by atoms with van der Waals surface area (Å²) in [7, 11) is -3.79. The van der Waals surface area contributed by atoms with Crippen molar-refractivity contribution in [2.75, 3.05) is 12.4 Å². The molecule has 0 fully saturated rings. The van der Waals surface area contributed by atoms with E-state index in [4.69, 9.17) is 9.72 Å². The minimum atomic E-state index is -3.79. The summed E-state index contributed by atoms with van der Waals surface area (Å²) in [5, 5.41) is 0. The zero-order valence-corrected chi connectivity index (χ0v) is 25.3. The molecule has 0 aliphatic heterocycles. The number of ketones is 1. The Balaban J connectivity index is 1.70. The second kappa shape index (κ2) is 13.7. The van der Waals surface area contributed by atoms with E-state index in [0.29, 0.717) is 47.7 Å². The molecule has 10 heteroatoms. The van der Waals surface area contributed by atoms with Crippen LogP contribution in [-0.2, 0) is 27.5 Å². The molecular formula is C32H36N4O5S. The largest absolute Gasteiger partial charge is 0.491 e. The zero-order valence-electron chi connectivity index (χ0n) is 24.5. The number of ether oxygens (including phenoxy) is 1. The first kappa shape index (κ1) is 30.8. The summed E-state index contributed by atoms with van der Waals surface area (Å²) >= 11 is 0. The van der Waals surface area contributed by atoms with Gasteiger partial charge >= 0.3 is 0 Å². The number of Topliss-reactive ketones (excluding diaryl/α,β-unsaturated/α-hetero) is 1. The summed E-state index contributed by atoms with van der Waals surface area (Å²) < 4.78 is 32.9. The molecule has 0 aliphatic carbocycles. The number of carbonyl (C=O) groups is 1. The number of aryl methyl sites for hydroxylation is 2. The Hall–Kier alpha value is -4.18. The predicted octanol–water partition coefficient (Wildman–Crippen LogP) is 5.08. The van der Waals surface area contributed by atoms with Crippen LogP contribution in [0.3, 0.4) is 0 Å². The summed E-state index contributed by atoms with van der Waals surface area (Å²) in [5.41, 5.74) is 3.21. The second-order valence-electron chi connectivity index (χ2n) is 10.0. The van der Waals surface area contributed by atoms with E-state index in [1.54, 1.807) is 32.0 Å². The molecule has 2 aromatic carbocycles. The predicted molar refractivity (Wildman–Crippen MR) is 162 cm³/mol. The SMILES string of the molecule is CCCCc1nc(C)n(-c2ncc(OCC)cn2)c(=O)c1Cc1ccc(-c2ccccc2S(=O)(=O)CC(=O)CC)cc1. The minimum Gasteiger partial charge on any atom is -0.491 e. The Morgan fingerprint density at radius 2 is 1.67 bits per heavy atom. The van der Waals surface area contributed by atoms with Gasteiger partial charge < -0.3 is 4.74 Å². The zero-order chi connectivity index (χ0) is 30.3. The molecule has 0 bridgehead atoms. The van der Waals surface area contributed by atoms with E-state index in [2.05, 4.69) is 16.9 Å². The molecule has 0 atom stereocenters. The average molecular weight is 589 g/mol. The Morgan fingerprint density at radius 1 is 0.976 bits per heavy atom. The molecule has 4 aromatic rings. The number of aromatic nitrogens is 4. The maximum absolute atomic E-state index is 13.9. The number of hydrogen-bond acceptors (Lipinski definition) is 8. The Labute approximate surface area is 246 Å². The van der Waals surface area contributed by atoms with E-state index in [-0.39, 0.29) is 28.6 Å². The van der Waals surface area contributed by atoms with Crippen molar-refractivity contribution in [3.63, 3.8) is 0 Å². The average Bonchev–Trinajstić information content (AvgIpc) is 2.98. The highest BCUT2D eigenvalue weighted by Gasteiger charge is 2.22. The van der Waals surface area contributed by atoms with Gasteiger partial charge in [-0.25, -0.2) is 27.9 Å². The van der Waals surface area contributed by atoms with Gasteiger partial charge in [-0.05, 0) is 43.9 Å². The van der Waals surface area contributed by atoms with Gasteiger partial charge in [-0.1, -0.05) is 62.7 Å². The van der Waals surface area contributed by atoms with Crippen LogP contribution in [0.4, 0.5) is 0 Å². The third-order valence-electron chi connectivity index (χ3n) is 6.94. The van der Waals surface area contributed by atoms with Gasteiger partial charge in [0.25, 0.3) is 5.56 Å². The van der Waals surface area contributed by atoms with Gasteiger partial charge in [-0.2, -0.15) is 0 Å². The number of nitrogens with zero attached hydrogens (tertiary/aromatic N) is 4. The van der Waals surface area contributed by atoms with Crippen molar-refractivity contribution < 1.29 is 17.9 Å². The Bertz CT molecular complexity index is 1710. The summed E-state index contributed by atoms with van der Waals surface area (Å²) in [6.07, 6.45) is 6.12. The molecular weight excluding hydrogens is 552 g/mol. The van der Waals surface area contributed by atoms with Crippen molar-refractivity contribution in [2.45, 2.75) is 64.7 Å². The first-order valence-electron chi connectivity index (χ1n) is 14.2. The Kier molecular flexibility index (Phi) is 10.0. The van der Waals surface area contributed by atoms with Crippen molar-refractivity contribution in [3.05, 3.63) is 93.9 Å². The van der Waals surface area contributed by atoms with Gasteiger partial charge in [0.2, 0.25) is 5.95 Å². The van der Waals surface area contributed by atoms with E-state index < -0.39 is 15.6 Å². The smallest absolute Gasteiger partial charge is 0.264 e. The molecule has 4 rings (SSSR count). The summed E-state index contributed by atoms with van der Waals surface area (Å²) in [6, 6.07) is 14.1. The lowest BCUT2D eigenvalue weighted by atomic mass is 9.98. The highest BCUT2D eigenvalue weighted by Crippen LogP contribution is 2.29. The first-order valence-corrected chi connectivity index (χ1v) is 15.8. The number of carbonyl (C=O) groups excluding carboxylic acids is 1. The normalized spacial score (nSPS) is 11.4. The molecule has 2 aromatic heterocycles. The molecule has 0 radical (unpaired) electrons. The van der Waals surface area contributed by atoms with E-state index in [1.165, 1.54) is 23.0 Å². The lowest BCUT2D eigenvalue weighted by Crippen LogP contribution is -2.29. The van der Waals surface area contributed by atoms with Crippen LogP contribution in [0.1, 0.15) is 62.7 Å². The summed E-state index contributed by atoms with van der Waals surface area (Å²) in [4.78, 5) is 39.4. The van der Waals surface area contributed by atoms with E-state index in [9.17, 15) is 18.0 Å². The van der Waals surface area contributed by atoms with Gasteiger partial charge in [-0.15, -0.1) is 0 Å². The Morgan fingerprint density at radius 3 is 2.31 bits per heavy atom. The standard InChI is InChI=1S/C32H36N4O5S/c1-5-8-12-29-28(31(38)36(22(4)35-29)32-33-19-26(20-34-32)41-7-3)18-23-14-16-24(17-15-23)27-11-9-10-13-30(27)42(39,40)21-25(37)6-2/h9-11,13-17,19-20H,5-8,12,18,21H2,1-4H3. The quantitative estimate of drug-likeness (QED) is 0.212. The molecule has 42 heavy (non-hydrogen) atoms. The monoisotopic (exact) mass is 588 g/mol. The fraction of sp³-hybridized carbons (Fsp3) is 0.344. The first-order chi connectivity index (χ1) is 20.2. The van der Waals surface area contributed by atoms with Crippen molar-refractivity contribution >= 4 is 15.6 Å². The molecule has 0 amide bonds. The molecule has 0 saturated carbocycles. The van der Waals surface area contributed by atoms with Gasteiger partial charge in [0, 0.05) is 24.0 Å².